The topological polar surface area (TPSA) is 143 Å². The van der Waals surface area contributed by atoms with E-state index in [1.54, 1.807) is 45.2 Å². The molecule has 0 radical (unpaired) electrons. The third-order valence-corrected chi connectivity index (χ3v) is 7.95. The fraction of sp³-hybridized carbons (Fsp3) is 0.533. The van der Waals surface area contributed by atoms with Gasteiger partial charge in [-0.25, -0.2) is 14.8 Å². The van der Waals surface area contributed by atoms with Crippen molar-refractivity contribution in [3.05, 3.63) is 52.5 Å². The Kier molecular flexibility index (Phi) is 10.2. The number of nitrogens with zero attached hydrogens (tertiary/aromatic N) is 4. The van der Waals surface area contributed by atoms with E-state index in [2.05, 4.69) is 20.7 Å². The molecule has 2 N–H and O–H groups in total. The third kappa shape index (κ3) is 7.96. The first kappa shape index (κ1) is 32.1. The molecule has 232 valence electrons. The van der Waals surface area contributed by atoms with Crippen LogP contribution in [-0.2, 0) is 36.9 Å². The van der Waals surface area contributed by atoms with Crippen LogP contribution in [0.2, 0.25) is 0 Å². The predicted molar refractivity (Wildman–Crippen MR) is 161 cm³/mol. The number of carbonyl (C=O) groups is 4. The van der Waals surface area contributed by atoms with E-state index in [0.717, 1.165) is 17.0 Å². The summed E-state index contributed by atoms with van der Waals surface area (Å²) < 4.78 is 11.2. The van der Waals surface area contributed by atoms with Gasteiger partial charge in [0, 0.05) is 38.4 Å². The molecule has 0 bridgehead atoms. The molecule has 1 aromatic carbocycles. The van der Waals surface area contributed by atoms with Crippen LogP contribution in [0.25, 0.3) is 0 Å². The van der Waals surface area contributed by atoms with Crippen molar-refractivity contribution in [3.63, 3.8) is 0 Å². The van der Waals surface area contributed by atoms with E-state index in [-0.39, 0.29) is 38.0 Å². The lowest BCUT2D eigenvalue weighted by Crippen LogP contribution is -2.61. The molecule has 0 spiro atoms. The Balaban J connectivity index is 1.52. The van der Waals surface area contributed by atoms with Crippen LogP contribution in [-0.4, -0.2) is 88.8 Å². The summed E-state index contributed by atoms with van der Waals surface area (Å²) in [5.41, 5.74) is 2.35. The van der Waals surface area contributed by atoms with Gasteiger partial charge in [-0.05, 0) is 32.8 Å². The van der Waals surface area contributed by atoms with Crippen molar-refractivity contribution in [2.45, 2.75) is 71.2 Å². The van der Waals surface area contributed by atoms with Gasteiger partial charge in [-0.15, -0.1) is 11.3 Å². The molecule has 1 aromatic heterocycles. The van der Waals surface area contributed by atoms with Gasteiger partial charge in [-0.1, -0.05) is 37.3 Å². The second kappa shape index (κ2) is 13.6. The fourth-order valence-corrected chi connectivity index (χ4v) is 5.80. The number of piperidine rings is 1. The van der Waals surface area contributed by atoms with Crippen molar-refractivity contribution >= 4 is 40.9 Å². The standard InChI is InChI=1S/C30H40N6O6S/c1-6-22(33-28(40)42-29(2,3)4)25(37)32-23(16-41-15-20-10-8-7-9-11-20)26(38)36-13-12-24-30(18-36,27(39)35(5)34-24)14-21-17-43-19-31-21/h7-11,17,19,22-23H,6,12-16,18H2,1-5H3,(H,32,37)(H,33,40). The molecule has 4 amide bonds. The molecule has 3 heterocycles. The predicted octanol–water partition coefficient (Wildman–Crippen LogP) is 2.74. The van der Waals surface area contributed by atoms with Gasteiger partial charge in [0.2, 0.25) is 11.8 Å². The minimum absolute atomic E-state index is 0.101. The molecule has 4 rings (SSSR count). The van der Waals surface area contributed by atoms with Crippen LogP contribution in [0.15, 0.2) is 46.3 Å². The van der Waals surface area contributed by atoms with Gasteiger partial charge >= 0.3 is 6.09 Å². The van der Waals surface area contributed by atoms with Crippen LogP contribution in [0, 0.1) is 5.41 Å². The molecule has 2 aliphatic rings. The quantitative estimate of drug-likeness (QED) is 0.397. The zero-order valence-electron chi connectivity index (χ0n) is 25.3. The average molecular weight is 613 g/mol. The molecule has 2 aliphatic heterocycles. The Labute approximate surface area is 255 Å². The Morgan fingerprint density at radius 2 is 1.88 bits per heavy atom. The number of likely N-dealkylation sites (tertiary alicyclic amines) is 1. The molecule has 12 nitrogen and oxygen atoms in total. The number of alkyl carbamates (subject to hydrolysis) is 1. The first-order valence-corrected chi connectivity index (χ1v) is 15.3. The summed E-state index contributed by atoms with van der Waals surface area (Å²) in [6.07, 6.45) is 0.280. The number of carbonyl (C=O) groups excluding carboxylic acids is 4. The second-order valence-electron chi connectivity index (χ2n) is 11.8. The molecule has 1 fully saturated rings. The van der Waals surface area contributed by atoms with E-state index in [1.165, 1.54) is 16.3 Å². The number of rotatable bonds is 11. The number of thiazole rings is 1. The molecule has 13 heteroatoms. The summed E-state index contributed by atoms with van der Waals surface area (Å²) >= 11 is 1.44. The Morgan fingerprint density at radius 1 is 1.14 bits per heavy atom. The summed E-state index contributed by atoms with van der Waals surface area (Å²) in [7, 11) is 1.62. The number of fused-ring (bicyclic) bond motifs is 1. The maximum absolute atomic E-state index is 14.1. The maximum atomic E-state index is 14.1. The minimum Gasteiger partial charge on any atom is -0.444 e. The van der Waals surface area contributed by atoms with E-state index in [1.807, 2.05) is 35.7 Å². The molecule has 3 atom stereocenters. The van der Waals surface area contributed by atoms with Crippen LogP contribution in [0.1, 0.15) is 51.8 Å². The summed E-state index contributed by atoms with van der Waals surface area (Å²) in [6, 6.07) is 7.50. The van der Waals surface area contributed by atoms with Gasteiger partial charge in [0.05, 0.1) is 30.1 Å². The van der Waals surface area contributed by atoms with Crippen molar-refractivity contribution in [3.8, 4) is 0 Å². The molecule has 0 saturated carbocycles. The number of hydrogen-bond acceptors (Lipinski definition) is 9. The van der Waals surface area contributed by atoms with Crippen LogP contribution in [0.4, 0.5) is 4.79 Å². The van der Waals surface area contributed by atoms with Gasteiger partial charge in [0.25, 0.3) is 5.91 Å². The van der Waals surface area contributed by atoms with Crippen molar-refractivity contribution in [1.29, 1.82) is 0 Å². The molecule has 1 saturated heterocycles. The Morgan fingerprint density at radius 3 is 2.53 bits per heavy atom. The largest absolute Gasteiger partial charge is 0.444 e. The highest BCUT2D eigenvalue weighted by Crippen LogP contribution is 2.38. The lowest BCUT2D eigenvalue weighted by molar-refractivity contribution is -0.143. The number of hydrogen-bond donors (Lipinski definition) is 2. The zero-order chi connectivity index (χ0) is 31.2. The lowest BCUT2D eigenvalue weighted by atomic mass is 9.74. The fourth-order valence-electron chi connectivity index (χ4n) is 5.24. The summed E-state index contributed by atoms with van der Waals surface area (Å²) in [5.74, 6) is -1.11. The zero-order valence-corrected chi connectivity index (χ0v) is 26.1. The van der Waals surface area contributed by atoms with E-state index in [4.69, 9.17) is 9.47 Å². The number of nitrogens with one attached hydrogen (secondary N) is 2. The van der Waals surface area contributed by atoms with Gasteiger partial charge < -0.3 is 25.0 Å². The van der Waals surface area contributed by atoms with E-state index < -0.39 is 35.1 Å². The summed E-state index contributed by atoms with van der Waals surface area (Å²) in [4.78, 5) is 59.3. The molecular weight excluding hydrogens is 572 g/mol. The molecule has 3 unspecified atom stereocenters. The van der Waals surface area contributed by atoms with Crippen molar-refractivity contribution in [1.82, 2.24) is 25.5 Å². The highest BCUT2D eigenvalue weighted by atomic mass is 32.1. The van der Waals surface area contributed by atoms with E-state index >= 15 is 0 Å². The van der Waals surface area contributed by atoms with Gasteiger partial charge in [0.15, 0.2) is 0 Å². The monoisotopic (exact) mass is 612 g/mol. The summed E-state index contributed by atoms with van der Waals surface area (Å²) in [5, 5.41) is 13.1. The first-order valence-electron chi connectivity index (χ1n) is 14.4. The van der Waals surface area contributed by atoms with Gasteiger partial charge in [0.1, 0.15) is 23.1 Å². The average Bonchev–Trinajstić information content (AvgIpc) is 3.55. The number of benzene rings is 1. The molecule has 43 heavy (non-hydrogen) atoms. The van der Waals surface area contributed by atoms with Crippen molar-refractivity contribution in [2.75, 3.05) is 26.7 Å². The highest BCUT2D eigenvalue weighted by Gasteiger charge is 2.54. The van der Waals surface area contributed by atoms with E-state index in [0.29, 0.717) is 19.4 Å². The number of ether oxygens (including phenoxy) is 2. The van der Waals surface area contributed by atoms with Crippen molar-refractivity contribution in [2.24, 2.45) is 10.5 Å². The highest BCUT2D eigenvalue weighted by molar-refractivity contribution is 7.07. The van der Waals surface area contributed by atoms with E-state index in [9.17, 15) is 19.2 Å². The normalized spacial score (nSPS) is 19.7. The van der Waals surface area contributed by atoms with Crippen LogP contribution >= 0.6 is 11.3 Å². The Bertz CT molecular complexity index is 1330. The third-order valence-electron chi connectivity index (χ3n) is 7.31. The SMILES string of the molecule is CCC(NC(=O)OC(C)(C)C)C(=O)NC(COCc1ccccc1)C(=O)N1CCC2=NN(C)C(=O)C2(Cc2cscn2)C1. The summed E-state index contributed by atoms with van der Waals surface area (Å²) in [6.45, 7) is 7.51. The number of aromatic nitrogens is 1. The lowest BCUT2D eigenvalue weighted by Gasteiger charge is -2.40. The number of amides is 4. The first-order chi connectivity index (χ1) is 20.4. The Hall–Kier alpha value is -3.84. The smallest absolute Gasteiger partial charge is 0.408 e. The van der Waals surface area contributed by atoms with Crippen LogP contribution in [0.3, 0.4) is 0 Å². The maximum Gasteiger partial charge on any atom is 0.408 e. The second-order valence-corrected chi connectivity index (χ2v) is 12.5. The van der Waals surface area contributed by atoms with Gasteiger partial charge in [-0.3, -0.25) is 14.4 Å². The molecule has 0 aliphatic carbocycles. The van der Waals surface area contributed by atoms with Gasteiger partial charge in [-0.2, -0.15) is 5.10 Å². The molecule has 2 aromatic rings. The molecular formula is C30H40N6O6S. The minimum atomic E-state index is -1.06. The van der Waals surface area contributed by atoms with Crippen molar-refractivity contribution < 1.29 is 28.7 Å². The number of hydrazone groups is 1. The van der Waals surface area contributed by atoms with Crippen LogP contribution in [0.5, 0.6) is 0 Å². The van der Waals surface area contributed by atoms with Crippen LogP contribution < -0.4 is 10.6 Å².